The topological polar surface area (TPSA) is 143 Å². The molecule has 0 aliphatic carbocycles. The standard InChI is InChI=1S/C15H21ClN6O4/c16-14-18-8-11(21-4-2-1-3-5-21)19-15(17)20-12(8)22(14)13-10(25)9(24)7(6-23)26-13/h7,9-10,13,23-25H,1-6H2,(H2,17,19,20)/t7-,9+,10-,13-/m0/s1. The van der Waals surface area contributed by atoms with Crippen LogP contribution in [-0.2, 0) is 4.74 Å². The lowest BCUT2D eigenvalue weighted by Gasteiger charge is -2.27. The first kappa shape index (κ1) is 17.7. The van der Waals surface area contributed by atoms with Crippen LogP contribution in [0.15, 0.2) is 0 Å². The molecule has 0 aromatic carbocycles. The Hall–Kier alpha value is -1.72. The van der Waals surface area contributed by atoms with Crippen molar-refractivity contribution in [1.29, 1.82) is 0 Å². The Kier molecular flexibility index (Phi) is 4.61. The maximum Gasteiger partial charge on any atom is 0.224 e. The molecule has 142 valence electrons. The van der Waals surface area contributed by atoms with E-state index in [1.165, 1.54) is 4.57 Å². The number of aliphatic hydroxyl groups excluding tert-OH is 3. The molecule has 2 fully saturated rings. The van der Waals surface area contributed by atoms with Crippen LogP contribution in [0.2, 0.25) is 5.28 Å². The van der Waals surface area contributed by atoms with Crippen molar-refractivity contribution >= 4 is 34.5 Å². The molecule has 2 aliphatic rings. The molecule has 4 rings (SSSR count). The highest BCUT2D eigenvalue weighted by Crippen LogP contribution is 2.36. The van der Waals surface area contributed by atoms with E-state index in [0.717, 1.165) is 32.4 Å². The average Bonchev–Trinajstić information content (AvgIpc) is 3.11. The van der Waals surface area contributed by atoms with Crippen LogP contribution in [0.3, 0.4) is 0 Å². The smallest absolute Gasteiger partial charge is 0.224 e. The molecule has 11 heteroatoms. The molecule has 2 saturated heterocycles. The van der Waals surface area contributed by atoms with Crippen molar-refractivity contribution in [1.82, 2.24) is 19.5 Å². The third kappa shape index (κ3) is 2.78. The third-order valence-corrected chi connectivity index (χ3v) is 5.19. The fourth-order valence-corrected chi connectivity index (χ4v) is 3.86. The minimum absolute atomic E-state index is 0.0352. The Bertz CT molecular complexity index is 811. The van der Waals surface area contributed by atoms with Crippen LogP contribution in [0.4, 0.5) is 11.8 Å². The molecule has 0 bridgehead atoms. The van der Waals surface area contributed by atoms with Crippen LogP contribution in [-0.4, -0.2) is 72.8 Å². The predicted octanol–water partition coefficient (Wildman–Crippen LogP) is -0.336. The lowest BCUT2D eigenvalue weighted by Crippen LogP contribution is -2.33. The second-order valence-electron chi connectivity index (χ2n) is 6.61. The molecule has 2 aromatic rings. The van der Waals surface area contributed by atoms with Gasteiger partial charge >= 0.3 is 0 Å². The molecule has 0 unspecified atom stereocenters. The van der Waals surface area contributed by atoms with Crippen molar-refractivity contribution in [3.05, 3.63) is 5.28 Å². The zero-order valence-corrected chi connectivity index (χ0v) is 14.7. The summed E-state index contributed by atoms with van der Waals surface area (Å²) in [7, 11) is 0. The zero-order valence-electron chi connectivity index (χ0n) is 14.0. The van der Waals surface area contributed by atoms with Crippen molar-refractivity contribution in [2.45, 2.75) is 43.8 Å². The first-order valence-corrected chi connectivity index (χ1v) is 8.97. The predicted molar refractivity (Wildman–Crippen MR) is 93.8 cm³/mol. The zero-order chi connectivity index (χ0) is 18.4. The second-order valence-corrected chi connectivity index (χ2v) is 6.94. The maximum absolute atomic E-state index is 10.3. The van der Waals surface area contributed by atoms with E-state index in [9.17, 15) is 15.3 Å². The highest BCUT2D eigenvalue weighted by molar-refractivity contribution is 6.29. The van der Waals surface area contributed by atoms with Gasteiger partial charge < -0.3 is 30.7 Å². The van der Waals surface area contributed by atoms with Gasteiger partial charge in [-0.3, -0.25) is 4.57 Å². The number of halogens is 1. The molecule has 0 saturated carbocycles. The van der Waals surface area contributed by atoms with Crippen molar-refractivity contribution in [3.8, 4) is 0 Å². The summed E-state index contributed by atoms with van der Waals surface area (Å²) in [5.74, 6) is 0.655. The minimum atomic E-state index is -1.29. The fourth-order valence-electron chi connectivity index (χ4n) is 3.59. The molecule has 0 spiro atoms. The molecule has 10 nitrogen and oxygen atoms in total. The monoisotopic (exact) mass is 384 g/mol. The number of hydrogen-bond donors (Lipinski definition) is 4. The Morgan fingerprint density at radius 2 is 1.85 bits per heavy atom. The van der Waals surface area contributed by atoms with Crippen LogP contribution in [0.25, 0.3) is 11.2 Å². The van der Waals surface area contributed by atoms with Gasteiger partial charge in [-0.2, -0.15) is 9.97 Å². The van der Waals surface area contributed by atoms with Crippen LogP contribution in [0.1, 0.15) is 25.5 Å². The van der Waals surface area contributed by atoms with E-state index in [1.54, 1.807) is 0 Å². The van der Waals surface area contributed by atoms with E-state index in [0.29, 0.717) is 17.0 Å². The molecule has 4 atom stereocenters. The number of imidazole rings is 1. The number of anilines is 2. The lowest BCUT2D eigenvalue weighted by atomic mass is 10.1. The number of nitrogens with two attached hydrogens (primary N) is 1. The van der Waals surface area contributed by atoms with Crippen LogP contribution in [0, 0.1) is 0 Å². The van der Waals surface area contributed by atoms with Crippen molar-refractivity contribution in [3.63, 3.8) is 0 Å². The van der Waals surface area contributed by atoms with Crippen LogP contribution in [0.5, 0.6) is 0 Å². The summed E-state index contributed by atoms with van der Waals surface area (Å²) in [6, 6.07) is 0. The Labute approximate surface area is 154 Å². The number of piperidine rings is 1. The number of hydrogen-bond acceptors (Lipinski definition) is 9. The molecule has 2 aromatic heterocycles. The van der Waals surface area contributed by atoms with Crippen molar-refractivity contribution < 1.29 is 20.1 Å². The van der Waals surface area contributed by atoms with Gasteiger partial charge in [0.1, 0.15) is 18.3 Å². The summed E-state index contributed by atoms with van der Waals surface area (Å²) in [5, 5.41) is 29.7. The largest absolute Gasteiger partial charge is 0.394 e. The Balaban J connectivity index is 1.81. The van der Waals surface area contributed by atoms with E-state index >= 15 is 0 Å². The van der Waals surface area contributed by atoms with Gasteiger partial charge in [0, 0.05) is 13.1 Å². The van der Waals surface area contributed by atoms with Gasteiger partial charge in [0.15, 0.2) is 23.2 Å². The third-order valence-electron chi connectivity index (χ3n) is 4.92. The fraction of sp³-hybridized carbons (Fsp3) is 0.667. The van der Waals surface area contributed by atoms with E-state index in [4.69, 9.17) is 22.1 Å². The van der Waals surface area contributed by atoms with E-state index < -0.39 is 31.1 Å². The summed E-state index contributed by atoms with van der Waals surface area (Å²) in [4.78, 5) is 15.0. The molecule has 5 N–H and O–H groups in total. The first-order valence-electron chi connectivity index (χ1n) is 8.59. The number of ether oxygens (including phenoxy) is 1. The Morgan fingerprint density at radius 1 is 1.12 bits per heavy atom. The summed E-state index contributed by atoms with van der Waals surface area (Å²) in [5.41, 5.74) is 6.68. The lowest BCUT2D eigenvalue weighted by molar-refractivity contribution is -0.0509. The second kappa shape index (κ2) is 6.78. The van der Waals surface area contributed by atoms with E-state index in [2.05, 4.69) is 19.9 Å². The average molecular weight is 385 g/mol. The van der Waals surface area contributed by atoms with Gasteiger partial charge in [-0.25, -0.2) is 4.98 Å². The first-order chi connectivity index (χ1) is 12.5. The molecular weight excluding hydrogens is 364 g/mol. The molecular formula is C15H21ClN6O4. The van der Waals surface area contributed by atoms with Gasteiger partial charge in [0.25, 0.3) is 0 Å². The number of nitrogens with zero attached hydrogens (tertiary/aromatic N) is 5. The maximum atomic E-state index is 10.3. The van der Waals surface area contributed by atoms with Gasteiger partial charge in [0.05, 0.1) is 6.61 Å². The van der Waals surface area contributed by atoms with Gasteiger partial charge in [-0.05, 0) is 30.9 Å². The number of aliphatic hydroxyl groups is 3. The summed E-state index contributed by atoms with van der Waals surface area (Å²) < 4.78 is 6.95. The number of aromatic nitrogens is 4. The van der Waals surface area contributed by atoms with E-state index in [-0.39, 0.29) is 11.2 Å². The number of fused-ring (bicyclic) bond motifs is 1. The molecule has 0 amide bonds. The van der Waals surface area contributed by atoms with Crippen molar-refractivity contribution in [2.75, 3.05) is 30.3 Å². The highest BCUT2D eigenvalue weighted by atomic mass is 35.5. The summed E-state index contributed by atoms with van der Waals surface area (Å²) >= 11 is 6.30. The summed E-state index contributed by atoms with van der Waals surface area (Å²) in [6.45, 7) is 1.24. The summed E-state index contributed by atoms with van der Waals surface area (Å²) in [6.07, 6.45) is -1.25. The van der Waals surface area contributed by atoms with Gasteiger partial charge in [-0.15, -0.1) is 0 Å². The Morgan fingerprint density at radius 3 is 2.50 bits per heavy atom. The van der Waals surface area contributed by atoms with Crippen LogP contribution < -0.4 is 10.6 Å². The molecule has 2 aliphatic heterocycles. The van der Waals surface area contributed by atoms with Crippen LogP contribution >= 0.6 is 11.6 Å². The highest BCUT2D eigenvalue weighted by Gasteiger charge is 2.45. The number of rotatable bonds is 3. The normalized spacial score (nSPS) is 29.6. The van der Waals surface area contributed by atoms with Gasteiger partial charge in [0.2, 0.25) is 11.2 Å². The minimum Gasteiger partial charge on any atom is -0.394 e. The van der Waals surface area contributed by atoms with Crippen molar-refractivity contribution in [2.24, 2.45) is 0 Å². The quantitative estimate of drug-likeness (QED) is 0.522. The molecule has 4 heterocycles. The van der Waals surface area contributed by atoms with Gasteiger partial charge in [-0.1, -0.05) is 0 Å². The molecule has 26 heavy (non-hydrogen) atoms. The molecule has 0 radical (unpaired) electrons. The SMILES string of the molecule is Nc1nc(N2CCCCC2)c2nc(Cl)n([C@H]3O[C@@H](CO)[C@@H](O)[C@@H]3O)c2n1. The van der Waals surface area contributed by atoms with E-state index in [1.807, 2.05) is 0 Å². The number of nitrogen functional groups attached to an aromatic ring is 1.